The fraction of sp³-hybridized carbons (Fsp3) is 0.471. The van der Waals surface area contributed by atoms with Crippen molar-refractivity contribution in [2.45, 2.75) is 32.0 Å². The lowest BCUT2D eigenvalue weighted by Crippen LogP contribution is -2.46. The molecule has 1 aromatic carbocycles. The lowest BCUT2D eigenvalue weighted by atomic mass is 9.97. The fourth-order valence-corrected chi connectivity index (χ4v) is 2.25. The van der Waals surface area contributed by atoms with Gasteiger partial charge < -0.3 is 14.8 Å². The zero-order valence-corrected chi connectivity index (χ0v) is 14.6. The van der Waals surface area contributed by atoms with Gasteiger partial charge in [0, 0.05) is 0 Å². The Morgan fingerprint density at radius 1 is 1.08 bits per heavy atom. The Morgan fingerprint density at radius 2 is 1.65 bits per heavy atom. The van der Waals surface area contributed by atoms with Gasteiger partial charge in [-0.25, -0.2) is 4.79 Å². The van der Waals surface area contributed by atoms with Gasteiger partial charge in [0.2, 0.25) is 5.91 Å². The molecule has 9 heteroatoms. The molecule has 2 atom stereocenters. The topological polar surface area (TPSA) is 81.7 Å². The Hall–Kier alpha value is -2.58. The van der Waals surface area contributed by atoms with Gasteiger partial charge in [0.05, 0.1) is 32.6 Å². The summed E-state index contributed by atoms with van der Waals surface area (Å²) in [5.41, 5.74) is -0.472. The van der Waals surface area contributed by atoms with E-state index < -0.39 is 41.5 Å². The van der Waals surface area contributed by atoms with E-state index in [1.54, 1.807) is 6.92 Å². The van der Waals surface area contributed by atoms with E-state index >= 15 is 0 Å². The zero-order valence-electron chi connectivity index (χ0n) is 14.6. The van der Waals surface area contributed by atoms with Crippen molar-refractivity contribution in [3.8, 4) is 0 Å². The van der Waals surface area contributed by atoms with Gasteiger partial charge in [0.1, 0.15) is 6.04 Å². The minimum absolute atomic E-state index is 0.114. The number of nitrogens with one attached hydrogen (secondary N) is 1. The smallest absolute Gasteiger partial charge is 0.416 e. The fourth-order valence-electron chi connectivity index (χ4n) is 2.25. The van der Waals surface area contributed by atoms with Gasteiger partial charge in [-0.1, -0.05) is 19.1 Å². The lowest BCUT2D eigenvalue weighted by molar-refractivity contribution is -0.148. The number of carbonyl (C=O) groups excluding carboxylic acids is 3. The number of benzene rings is 1. The van der Waals surface area contributed by atoms with Gasteiger partial charge in [-0.05, 0) is 23.6 Å². The molecule has 1 amide bonds. The third-order valence-corrected chi connectivity index (χ3v) is 3.70. The summed E-state index contributed by atoms with van der Waals surface area (Å²) < 4.78 is 46.8. The van der Waals surface area contributed by atoms with E-state index in [-0.39, 0.29) is 12.8 Å². The van der Waals surface area contributed by atoms with Crippen molar-refractivity contribution in [3.05, 3.63) is 35.4 Å². The lowest BCUT2D eigenvalue weighted by Gasteiger charge is -2.22. The quantitative estimate of drug-likeness (QED) is 0.738. The second-order valence-electron chi connectivity index (χ2n) is 5.70. The van der Waals surface area contributed by atoms with E-state index in [2.05, 4.69) is 14.8 Å². The number of esters is 2. The molecule has 0 aliphatic carbocycles. The molecule has 0 saturated carbocycles. The first-order valence-electron chi connectivity index (χ1n) is 7.68. The van der Waals surface area contributed by atoms with Crippen LogP contribution in [0.5, 0.6) is 0 Å². The molecule has 1 rings (SSSR count). The number of ether oxygens (including phenoxy) is 2. The maximum atomic E-state index is 12.5. The van der Waals surface area contributed by atoms with Gasteiger partial charge in [-0.2, -0.15) is 13.2 Å². The second kappa shape index (κ2) is 9.21. The third kappa shape index (κ3) is 6.38. The van der Waals surface area contributed by atoms with E-state index in [4.69, 9.17) is 0 Å². The zero-order chi connectivity index (χ0) is 19.9. The van der Waals surface area contributed by atoms with Crippen LogP contribution in [0, 0.1) is 5.92 Å². The van der Waals surface area contributed by atoms with Crippen molar-refractivity contribution in [1.82, 2.24) is 5.32 Å². The molecule has 0 aliphatic rings. The first-order chi connectivity index (χ1) is 12.1. The average Bonchev–Trinajstić information content (AvgIpc) is 2.58. The summed E-state index contributed by atoms with van der Waals surface area (Å²) in [6.45, 7) is 1.57. The molecule has 0 unspecified atom stereocenters. The number of methoxy groups -OCH3 is 2. The van der Waals surface area contributed by atoms with Gasteiger partial charge >= 0.3 is 18.1 Å². The highest BCUT2D eigenvalue weighted by molar-refractivity contribution is 5.86. The van der Waals surface area contributed by atoms with Crippen LogP contribution in [0.1, 0.15) is 24.5 Å². The maximum Gasteiger partial charge on any atom is 0.416 e. The molecule has 0 aromatic heterocycles. The molecule has 144 valence electrons. The summed E-state index contributed by atoms with van der Waals surface area (Å²) in [6.07, 6.45) is -4.80. The molecule has 0 aliphatic heterocycles. The molecule has 0 bridgehead atoms. The molecular weight excluding hydrogens is 355 g/mol. The van der Waals surface area contributed by atoms with Crippen LogP contribution in [-0.4, -0.2) is 38.1 Å². The normalized spacial score (nSPS) is 13.5. The Kier molecular flexibility index (Phi) is 7.60. The number of hydrogen-bond acceptors (Lipinski definition) is 5. The van der Waals surface area contributed by atoms with Crippen LogP contribution in [0.15, 0.2) is 24.3 Å². The highest BCUT2D eigenvalue weighted by Crippen LogP contribution is 2.29. The molecule has 26 heavy (non-hydrogen) atoms. The molecular formula is C17H20F3NO5. The molecule has 0 saturated heterocycles. The third-order valence-electron chi connectivity index (χ3n) is 3.70. The van der Waals surface area contributed by atoms with Crippen molar-refractivity contribution in [2.24, 2.45) is 5.92 Å². The van der Waals surface area contributed by atoms with Gasteiger partial charge in [0.25, 0.3) is 0 Å². The summed E-state index contributed by atoms with van der Waals surface area (Å²) in [5, 5.41) is 2.45. The highest BCUT2D eigenvalue weighted by Gasteiger charge is 2.31. The van der Waals surface area contributed by atoms with E-state index in [9.17, 15) is 27.6 Å². The van der Waals surface area contributed by atoms with Gasteiger partial charge in [-0.3, -0.25) is 9.59 Å². The second-order valence-corrected chi connectivity index (χ2v) is 5.70. The summed E-state index contributed by atoms with van der Waals surface area (Å²) in [5.74, 6) is -2.46. The van der Waals surface area contributed by atoms with Gasteiger partial charge in [0.15, 0.2) is 0 Å². The number of amides is 1. The van der Waals surface area contributed by atoms with Crippen molar-refractivity contribution < 1.29 is 37.0 Å². The molecule has 0 spiro atoms. The van der Waals surface area contributed by atoms with Crippen molar-refractivity contribution in [1.29, 1.82) is 0 Å². The maximum absolute atomic E-state index is 12.5. The summed E-state index contributed by atoms with van der Waals surface area (Å²) in [7, 11) is 2.34. The van der Waals surface area contributed by atoms with E-state index in [1.165, 1.54) is 19.2 Å². The van der Waals surface area contributed by atoms with Crippen LogP contribution in [0.4, 0.5) is 13.2 Å². The van der Waals surface area contributed by atoms with E-state index in [1.807, 2.05) is 0 Å². The van der Waals surface area contributed by atoms with Gasteiger partial charge in [-0.15, -0.1) is 0 Å². The van der Waals surface area contributed by atoms with Crippen LogP contribution < -0.4 is 5.32 Å². The molecule has 0 fully saturated rings. The molecule has 0 heterocycles. The number of rotatable bonds is 7. The highest BCUT2D eigenvalue weighted by atomic mass is 19.4. The van der Waals surface area contributed by atoms with E-state index in [0.29, 0.717) is 5.56 Å². The van der Waals surface area contributed by atoms with Crippen molar-refractivity contribution in [3.63, 3.8) is 0 Å². The summed E-state index contributed by atoms with van der Waals surface area (Å²) >= 11 is 0. The summed E-state index contributed by atoms with van der Waals surface area (Å²) in [6, 6.07) is 3.04. The predicted molar refractivity (Wildman–Crippen MR) is 84.9 cm³/mol. The number of carbonyl (C=O) groups is 3. The van der Waals surface area contributed by atoms with Crippen molar-refractivity contribution in [2.75, 3.05) is 14.2 Å². The van der Waals surface area contributed by atoms with Crippen LogP contribution in [0.25, 0.3) is 0 Å². The van der Waals surface area contributed by atoms with Crippen molar-refractivity contribution >= 4 is 17.8 Å². The standard InChI is InChI=1S/C17H20F3NO5/c1-10(8-14(23)25-2)15(16(24)26-3)21-13(22)9-11-4-6-12(7-5-11)17(18,19)20/h4-7,10,15H,8-9H2,1-3H3,(H,21,22)/t10-,15-/m0/s1. The largest absolute Gasteiger partial charge is 0.469 e. The Morgan fingerprint density at radius 3 is 2.12 bits per heavy atom. The number of halogens is 3. The Bertz CT molecular complexity index is 643. The molecule has 1 aromatic rings. The minimum atomic E-state index is -4.46. The monoisotopic (exact) mass is 375 g/mol. The van der Waals surface area contributed by atoms with Crippen LogP contribution in [0.2, 0.25) is 0 Å². The summed E-state index contributed by atoms with van der Waals surface area (Å²) in [4.78, 5) is 35.3. The Labute approximate surface area is 148 Å². The van der Waals surface area contributed by atoms with Crippen LogP contribution in [-0.2, 0) is 36.5 Å². The first kappa shape index (κ1) is 21.5. The van der Waals surface area contributed by atoms with Crippen LogP contribution >= 0.6 is 0 Å². The minimum Gasteiger partial charge on any atom is -0.469 e. The predicted octanol–water partition coefficient (Wildman–Crippen LogP) is 2.10. The first-order valence-corrected chi connectivity index (χ1v) is 7.68. The Balaban J connectivity index is 2.77. The number of hydrogen-bond donors (Lipinski definition) is 1. The molecule has 0 radical (unpaired) electrons. The number of alkyl halides is 3. The van der Waals surface area contributed by atoms with E-state index in [0.717, 1.165) is 19.2 Å². The van der Waals surface area contributed by atoms with Crippen LogP contribution in [0.3, 0.4) is 0 Å². The average molecular weight is 375 g/mol. The molecule has 6 nitrogen and oxygen atoms in total. The SMILES string of the molecule is COC(=O)C[C@H](C)[C@H](NC(=O)Cc1ccc(C(F)(F)F)cc1)C(=O)OC. The molecule has 1 N–H and O–H groups in total.